The number of benzene rings is 5. The third kappa shape index (κ3) is 12.0. The van der Waals surface area contributed by atoms with E-state index < -0.39 is 29.3 Å². The Morgan fingerprint density at radius 1 is 0.607 bits per heavy atom. The van der Waals surface area contributed by atoms with E-state index in [1.807, 2.05) is 12.1 Å². The zero-order chi connectivity index (χ0) is 40.9. The Morgan fingerprint density at radius 3 is 1.62 bits per heavy atom. The Kier molecular flexibility index (Phi) is 15.0. The van der Waals surface area contributed by atoms with E-state index in [1.165, 1.54) is 55.5 Å². The molecule has 5 aromatic carbocycles. The molecule has 14 heteroatoms. The van der Waals surface area contributed by atoms with Gasteiger partial charge < -0.3 is 29.2 Å². The lowest BCUT2D eigenvalue weighted by Crippen LogP contribution is -2.34. The van der Waals surface area contributed by atoms with Gasteiger partial charge in [-0.1, -0.05) is 42.5 Å². The smallest absolute Gasteiger partial charge is 0.416 e. The summed E-state index contributed by atoms with van der Waals surface area (Å²) in [7, 11) is 6.08. The van der Waals surface area contributed by atoms with Crippen molar-refractivity contribution in [3.8, 4) is 23.0 Å². The minimum Gasteiger partial charge on any atom is -0.493 e. The molecule has 0 unspecified atom stereocenters. The first-order valence-electron chi connectivity index (χ1n) is 17.2. The van der Waals surface area contributed by atoms with Crippen molar-refractivity contribution in [3.63, 3.8) is 0 Å². The van der Waals surface area contributed by atoms with Gasteiger partial charge in [-0.2, -0.15) is 26.3 Å². The largest absolute Gasteiger partial charge is 0.493 e. The van der Waals surface area contributed by atoms with Crippen LogP contribution in [-0.4, -0.2) is 47.4 Å². The fourth-order valence-corrected chi connectivity index (χ4v) is 5.55. The van der Waals surface area contributed by atoms with Crippen LogP contribution in [0.25, 0.3) is 0 Å². The molecule has 0 aromatic heterocycles. The molecule has 5 rings (SSSR count). The predicted molar refractivity (Wildman–Crippen MR) is 200 cm³/mol. The monoisotopic (exact) mass is 786 g/mol. The fourth-order valence-electron chi connectivity index (χ4n) is 5.55. The van der Waals surface area contributed by atoms with E-state index in [0.29, 0.717) is 53.6 Å². The van der Waals surface area contributed by atoms with Crippen molar-refractivity contribution >= 4 is 17.3 Å². The number of halogens is 7. The summed E-state index contributed by atoms with van der Waals surface area (Å²) in [5.74, 6) is 1.30. The molecular weight excluding hydrogens is 745 g/mol. The van der Waals surface area contributed by atoms with E-state index >= 15 is 0 Å². The van der Waals surface area contributed by atoms with Crippen molar-refractivity contribution in [1.82, 2.24) is 0 Å². The molecule has 7 nitrogen and oxygen atoms in total. The molecule has 0 aliphatic carbocycles. The molecule has 298 valence electrons. The molecule has 0 radical (unpaired) electrons. The summed E-state index contributed by atoms with van der Waals surface area (Å²) in [6, 6.07) is 26.4. The summed E-state index contributed by atoms with van der Waals surface area (Å²) < 4.78 is 111. The van der Waals surface area contributed by atoms with Gasteiger partial charge in [-0.05, 0) is 84.1 Å². The number of carbonyl (C=O) groups is 1. The number of alkyl halides is 6. The first-order valence-corrected chi connectivity index (χ1v) is 17.2. The quantitative estimate of drug-likeness (QED) is 0.113. The van der Waals surface area contributed by atoms with Gasteiger partial charge in [0.1, 0.15) is 5.82 Å². The molecule has 0 fully saturated rings. The Hall–Kier alpha value is -5.92. The number of amides is 1. The molecular formula is C42H41F7N2O5. The lowest BCUT2D eigenvalue weighted by Gasteiger charge is -2.24. The Balaban J connectivity index is 0.000000265. The van der Waals surface area contributed by atoms with Crippen LogP contribution in [0.15, 0.2) is 109 Å². The van der Waals surface area contributed by atoms with Gasteiger partial charge in [-0.25, -0.2) is 4.39 Å². The molecule has 1 N–H and O–H groups in total. The molecule has 0 saturated heterocycles. The van der Waals surface area contributed by atoms with Crippen LogP contribution in [0.5, 0.6) is 23.0 Å². The van der Waals surface area contributed by atoms with Crippen molar-refractivity contribution in [2.24, 2.45) is 0 Å². The maximum absolute atomic E-state index is 14.1. The number of ether oxygens (including phenoxy) is 4. The lowest BCUT2D eigenvalue weighted by atomic mass is 10.1. The van der Waals surface area contributed by atoms with Gasteiger partial charge in [-0.15, -0.1) is 0 Å². The van der Waals surface area contributed by atoms with Crippen LogP contribution in [0.2, 0.25) is 0 Å². The standard InChI is InChI=1S/C25H23F4NO3.C17H18F3NO2/c1-32-22-12-11-20(16-23(22)33-2)30(24(31)15-18-5-3-4-6-21(18)26)14-13-17-7-9-19(10-8-17)25(27,28)29;1-22-15-8-7-14(11-16(15)23-2)21-10-9-12-3-5-13(6-4-12)17(18,19)20/h3-12,16H,13-15H2,1-2H3;3-8,11,21H,9-10H2,1-2H3. The second kappa shape index (κ2) is 19.6. The van der Waals surface area contributed by atoms with Crippen molar-refractivity contribution in [1.29, 1.82) is 0 Å². The van der Waals surface area contributed by atoms with E-state index in [2.05, 4.69) is 5.32 Å². The molecule has 56 heavy (non-hydrogen) atoms. The van der Waals surface area contributed by atoms with Gasteiger partial charge in [-0.3, -0.25) is 4.79 Å². The normalized spacial score (nSPS) is 11.2. The van der Waals surface area contributed by atoms with Crippen LogP contribution >= 0.6 is 0 Å². The second-order valence-electron chi connectivity index (χ2n) is 12.2. The molecule has 0 heterocycles. The van der Waals surface area contributed by atoms with Crippen LogP contribution in [0.1, 0.15) is 27.8 Å². The average Bonchev–Trinajstić information content (AvgIpc) is 3.18. The summed E-state index contributed by atoms with van der Waals surface area (Å²) in [6.07, 6.45) is -7.97. The Bertz CT molecular complexity index is 2020. The highest BCUT2D eigenvalue weighted by Crippen LogP contribution is 2.34. The van der Waals surface area contributed by atoms with Crippen molar-refractivity contribution in [2.75, 3.05) is 51.7 Å². The minimum absolute atomic E-state index is 0.173. The number of hydrogen-bond acceptors (Lipinski definition) is 6. The number of hydrogen-bond donors (Lipinski definition) is 1. The summed E-state index contributed by atoms with van der Waals surface area (Å²) in [5, 5.41) is 3.21. The molecule has 1 amide bonds. The summed E-state index contributed by atoms with van der Waals surface area (Å²) in [6.45, 7) is 0.773. The van der Waals surface area contributed by atoms with E-state index in [-0.39, 0.29) is 24.4 Å². The third-order valence-electron chi connectivity index (χ3n) is 8.59. The highest BCUT2D eigenvalue weighted by Gasteiger charge is 2.31. The van der Waals surface area contributed by atoms with Gasteiger partial charge in [0.2, 0.25) is 5.91 Å². The molecule has 0 aliphatic heterocycles. The lowest BCUT2D eigenvalue weighted by molar-refractivity contribution is -0.138. The topological polar surface area (TPSA) is 69.3 Å². The van der Waals surface area contributed by atoms with Crippen LogP contribution < -0.4 is 29.2 Å². The molecule has 0 bridgehead atoms. The summed E-state index contributed by atoms with van der Waals surface area (Å²) in [4.78, 5) is 14.6. The number of nitrogens with zero attached hydrogens (tertiary/aromatic N) is 1. The summed E-state index contributed by atoms with van der Waals surface area (Å²) >= 11 is 0. The summed E-state index contributed by atoms with van der Waals surface area (Å²) in [5.41, 5.74) is 1.71. The van der Waals surface area contributed by atoms with E-state index in [1.54, 1.807) is 50.6 Å². The SMILES string of the molecule is COc1ccc(N(CCc2ccc(C(F)(F)F)cc2)C(=O)Cc2ccccc2F)cc1OC.COc1ccc(NCCc2ccc(C(F)(F)F)cc2)cc1OC. The van der Waals surface area contributed by atoms with Crippen LogP contribution in [0, 0.1) is 5.82 Å². The van der Waals surface area contributed by atoms with Gasteiger partial charge in [0.25, 0.3) is 0 Å². The molecule has 0 saturated carbocycles. The van der Waals surface area contributed by atoms with Crippen molar-refractivity contribution < 1.29 is 54.5 Å². The van der Waals surface area contributed by atoms with Gasteiger partial charge >= 0.3 is 12.4 Å². The maximum Gasteiger partial charge on any atom is 0.416 e. The minimum atomic E-state index is -4.42. The Morgan fingerprint density at radius 2 is 1.11 bits per heavy atom. The predicted octanol–water partition coefficient (Wildman–Crippen LogP) is 10.1. The number of nitrogens with one attached hydrogen (secondary N) is 1. The van der Waals surface area contributed by atoms with Gasteiger partial charge in [0, 0.05) is 36.6 Å². The zero-order valence-corrected chi connectivity index (χ0v) is 31.1. The average molecular weight is 787 g/mol. The van der Waals surface area contributed by atoms with Crippen LogP contribution in [-0.2, 0) is 36.4 Å². The van der Waals surface area contributed by atoms with E-state index in [4.69, 9.17) is 18.9 Å². The van der Waals surface area contributed by atoms with Crippen LogP contribution in [0.3, 0.4) is 0 Å². The number of anilines is 2. The fraction of sp³-hybridized carbons (Fsp3) is 0.262. The molecule has 5 aromatic rings. The molecule has 0 spiro atoms. The zero-order valence-electron chi connectivity index (χ0n) is 31.1. The first kappa shape index (κ1) is 42.8. The number of rotatable bonds is 14. The molecule has 0 aliphatic rings. The maximum atomic E-state index is 14.1. The second-order valence-corrected chi connectivity index (χ2v) is 12.2. The molecule has 0 atom stereocenters. The Labute approximate surface area is 320 Å². The first-order chi connectivity index (χ1) is 26.7. The highest BCUT2D eigenvalue weighted by atomic mass is 19.4. The highest BCUT2D eigenvalue weighted by molar-refractivity contribution is 5.95. The van der Waals surface area contributed by atoms with Crippen molar-refractivity contribution in [3.05, 3.63) is 143 Å². The van der Waals surface area contributed by atoms with E-state index in [9.17, 15) is 35.5 Å². The van der Waals surface area contributed by atoms with Gasteiger partial charge in [0.05, 0.1) is 46.0 Å². The number of carbonyl (C=O) groups excluding carboxylic acids is 1. The van der Waals surface area contributed by atoms with Crippen LogP contribution in [0.4, 0.5) is 42.1 Å². The third-order valence-corrected chi connectivity index (χ3v) is 8.59. The van der Waals surface area contributed by atoms with E-state index in [0.717, 1.165) is 35.5 Å². The number of methoxy groups -OCH3 is 4. The van der Waals surface area contributed by atoms with Crippen molar-refractivity contribution in [2.45, 2.75) is 31.6 Å². The van der Waals surface area contributed by atoms with Gasteiger partial charge in [0.15, 0.2) is 23.0 Å².